The number of nitrogens with one attached hydrogen (secondary N) is 1. The SMILES string of the molecule is Cn1cnnc1SCC(=O)Nc1cccc(C(=O)N=c2sc3ccccc3n2C)c1. The lowest BCUT2D eigenvalue weighted by Crippen LogP contribution is -2.15. The molecule has 0 aliphatic carbocycles. The van der Waals surface area contributed by atoms with Crippen LogP contribution in [0.4, 0.5) is 5.69 Å². The molecule has 0 saturated heterocycles. The van der Waals surface area contributed by atoms with E-state index in [-0.39, 0.29) is 17.6 Å². The number of aryl methyl sites for hydroxylation is 2. The molecule has 152 valence electrons. The highest BCUT2D eigenvalue weighted by Gasteiger charge is 2.10. The van der Waals surface area contributed by atoms with Gasteiger partial charge in [0.25, 0.3) is 5.91 Å². The van der Waals surface area contributed by atoms with Gasteiger partial charge in [0.1, 0.15) is 6.33 Å². The summed E-state index contributed by atoms with van der Waals surface area (Å²) >= 11 is 2.75. The van der Waals surface area contributed by atoms with Crippen molar-refractivity contribution in [2.45, 2.75) is 5.16 Å². The highest BCUT2D eigenvalue weighted by atomic mass is 32.2. The number of benzene rings is 2. The Hall–Kier alpha value is -3.24. The lowest BCUT2D eigenvalue weighted by molar-refractivity contribution is -0.113. The predicted octanol–water partition coefficient (Wildman–Crippen LogP) is 2.84. The fraction of sp³-hybridized carbons (Fsp3) is 0.150. The number of fused-ring (bicyclic) bond motifs is 1. The lowest BCUT2D eigenvalue weighted by Gasteiger charge is -2.06. The molecule has 10 heteroatoms. The van der Waals surface area contributed by atoms with E-state index in [1.165, 1.54) is 23.1 Å². The Morgan fingerprint density at radius 1 is 1.17 bits per heavy atom. The normalized spacial score (nSPS) is 11.7. The molecular formula is C20H18N6O2S2. The third-order valence-corrected chi connectivity index (χ3v) is 6.45. The minimum absolute atomic E-state index is 0.187. The van der Waals surface area contributed by atoms with E-state index in [0.29, 0.717) is 21.2 Å². The number of aromatic nitrogens is 4. The van der Waals surface area contributed by atoms with Gasteiger partial charge in [-0.05, 0) is 30.3 Å². The lowest BCUT2D eigenvalue weighted by atomic mass is 10.2. The average Bonchev–Trinajstić information content (AvgIpc) is 3.29. The van der Waals surface area contributed by atoms with Gasteiger partial charge in [-0.15, -0.1) is 10.2 Å². The molecule has 0 spiro atoms. The van der Waals surface area contributed by atoms with E-state index in [0.717, 1.165) is 10.2 Å². The summed E-state index contributed by atoms with van der Waals surface area (Å²) in [5.41, 5.74) is 1.97. The van der Waals surface area contributed by atoms with E-state index in [1.54, 1.807) is 35.2 Å². The molecule has 0 aliphatic rings. The summed E-state index contributed by atoms with van der Waals surface area (Å²) in [4.78, 5) is 29.8. The monoisotopic (exact) mass is 438 g/mol. The van der Waals surface area contributed by atoms with E-state index in [9.17, 15) is 9.59 Å². The predicted molar refractivity (Wildman–Crippen MR) is 117 cm³/mol. The zero-order valence-corrected chi connectivity index (χ0v) is 17.9. The molecule has 0 saturated carbocycles. The molecule has 0 atom stereocenters. The molecule has 8 nitrogen and oxygen atoms in total. The van der Waals surface area contributed by atoms with E-state index < -0.39 is 0 Å². The quantitative estimate of drug-likeness (QED) is 0.484. The maximum absolute atomic E-state index is 12.7. The molecule has 0 radical (unpaired) electrons. The standard InChI is InChI=1S/C20H18N6O2S2/c1-25-12-21-24-20(25)29-11-17(27)22-14-7-5-6-13(10-14)18(28)23-19-26(2)15-8-3-4-9-16(15)30-19/h3-10,12H,11H2,1-2H3,(H,22,27). The van der Waals surface area contributed by atoms with Crippen molar-refractivity contribution in [2.75, 3.05) is 11.1 Å². The number of hydrogen-bond donors (Lipinski definition) is 1. The first-order valence-electron chi connectivity index (χ1n) is 9.01. The van der Waals surface area contributed by atoms with Gasteiger partial charge in [-0.1, -0.05) is 41.3 Å². The minimum atomic E-state index is -0.360. The number of rotatable bonds is 5. The van der Waals surface area contributed by atoms with Gasteiger partial charge < -0.3 is 14.5 Å². The first-order valence-corrected chi connectivity index (χ1v) is 10.8. The van der Waals surface area contributed by atoms with E-state index in [4.69, 9.17) is 0 Å². The van der Waals surface area contributed by atoms with Gasteiger partial charge in [-0.3, -0.25) is 9.59 Å². The van der Waals surface area contributed by atoms with Gasteiger partial charge in [-0.25, -0.2) is 0 Å². The Bertz CT molecular complexity index is 1300. The fourth-order valence-electron chi connectivity index (χ4n) is 2.80. The largest absolute Gasteiger partial charge is 0.325 e. The van der Waals surface area contributed by atoms with Crippen LogP contribution in [0.2, 0.25) is 0 Å². The van der Waals surface area contributed by atoms with Gasteiger partial charge in [0.15, 0.2) is 9.96 Å². The second-order valence-electron chi connectivity index (χ2n) is 6.47. The third-order valence-electron chi connectivity index (χ3n) is 4.31. The number of hydrogen-bond acceptors (Lipinski definition) is 6. The van der Waals surface area contributed by atoms with Crippen LogP contribution in [-0.2, 0) is 18.9 Å². The highest BCUT2D eigenvalue weighted by Crippen LogP contribution is 2.17. The summed E-state index contributed by atoms with van der Waals surface area (Å²) in [6.07, 6.45) is 1.58. The van der Waals surface area contributed by atoms with Crippen molar-refractivity contribution in [3.8, 4) is 0 Å². The van der Waals surface area contributed by atoms with Crippen LogP contribution in [0.3, 0.4) is 0 Å². The Labute approximate surface area is 180 Å². The molecule has 0 fully saturated rings. The number of thioether (sulfide) groups is 1. The summed E-state index contributed by atoms with van der Waals surface area (Å²) in [6, 6.07) is 14.7. The van der Waals surface area contributed by atoms with Crippen molar-refractivity contribution >= 4 is 50.8 Å². The van der Waals surface area contributed by atoms with Crippen molar-refractivity contribution in [3.05, 3.63) is 65.2 Å². The smallest absolute Gasteiger partial charge is 0.279 e. The molecular weight excluding hydrogens is 420 g/mol. The number of amides is 2. The summed E-state index contributed by atoms with van der Waals surface area (Å²) in [7, 11) is 3.70. The van der Waals surface area contributed by atoms with Crippen molar-refractivity contribution in [3.63, 3.8) is 0 Å². The number of nitrogens with zero attached hydrogens (tertiary/aromatic N) is 5. The summed E-state index contributed by atoms with van der Waals surface area (Å²) in [6.45, 7) is 0. The van der Waals surface area contributed by atoms with E-state index in [2.05, 4.69) is 20.5 Å². The minimum Gasteiger partial charge on any atom is -0.325 e. The summed E-state index contributed by atoms with van der Waals surface area (Å²) < 4.78 is 4.70. The van der Waals surface area contributed by atoms with Crippen LogP contribution in [-0.4, -0.2) is 36.9 Å². The van der Waals surface area contributed by atoms with Crippen molar-refractivity contribution < 1.29 is 9.59 Å². The van der Waals surface area contributed by atoms with Crippen LogP contribution in [0.1, 0.15) is 10.4 Å². The van der Waals surface area contributed by atoms with Crippen LogP contribution in [0, 0.1) is 0 Å². The number of carbonyl (C=O) groups is 2. The van der Waals surface area contributed by atoms with Crippen LogP contribution >= 0.6 is 23.1 Å². The molecule has 0 unspecified atom stereocenters. The number of thiazole rings is 1. The molecule has 2 aromatic heterocycles. The zero-order chi connectivity index (χ0) is 21.1. The molecule has 4 rings (SSSR count). The second kappa shape index (κ2) is 8.64. The molecule has 2 amide bonds. The molecule has 1 N–H and O–H groups in total. The van der Waals surface area contributed by atoms with Gasteiger partial charge in [-0.2, -0.15) is 4.99 Å². The second-order valence-corrected chi connectivity index (χ2v) is 8.42. The van der Waals surface area contributed by atoms with Crippen LogP contribution in [0.15, 0.2) is 65.0 Å². The number of carbonyl (C=O) groups excluding carboxylic acids is 2. The van der Waals surface area contributed by atoms with Crippen molar-refractivity contribution in [2.24, 2.45) is 19.1 Å². The molecule has 0 bridgehead atoms. The number of para-hydroxylation sites is 1. The Kier molecular flexibility index (Phi) is 5.77. The molecule has 30 heavy (non-hydrogen) atoms. The zero-order valence-electron chi connectivity index (χ0n) is 16.3. The maximum Gasteiger partial charge on any atom is 0.279 e. The van der Waals surface area contributed by atoms with Crippen LogP contribution < -0.4 is 10.1 Å². The first-order chi connectivity index (χ1) is 14.5. The fourth-order valence-corrected chi connectivity index (χ4v) is 4.50. The average molecular weight is 439 g/mol. The van der Waals surface area contributed by atoms with E-state index >= 15 is 0 Å². The third kappa shape index (κ3) is 4.34. The summed E-state index contributed by atoms with van der Waals surface area (Å²) in [5, 5.41) is 11.2. The molecule has 2 aromatic carbocycles. The molecule has 0 aliphatic heterocycles. The topological polar surface area (TPSA) is 94.2 Å². The Morgan fingerprint density at radius 2 is 2.00 bits per heavy atom. The van der Waals surface area contributed by atoms with Crippen molar-refractivity contribution in [1.29, 1.82) is 0 Å². The van der Waals surface area contributed by atoms with Gasteiger partial charge in [0.2, 0.25) is 5.91 Å². The van der Waals surface area contributed by atoms with Crippen LogP contribution in [0.25, 0.3) is 10.2 Å². The van der Waals surface area contributed by atoms with Crippen LogP contribution in [0.5, 0.6) is 0 Å². The van der Waals surface area contributed by atoms with Gasteiger partial charge in [0.05, 0.1) is 16.0 Å². The molecule has 2 heterocycles. The van der Waals surface area contributed by atoms with E-state index in [1.807, 2.05) is 42.9 Å². The Morgan fingerprint density at radius 3 is 2.77 bits per heavy atom. The summed E-state index contributed by atoms with van der Waals surface area (Å²) in [5.74, 6) is -0.366. The maximum atomic E-state index is 12.7. The van der Waals surface area contributed by atoms with Gasteiger partial charge in [0, 0.05) is 25.3 Å². The first kappa shape index (κ1) is 20.0. The number of anilines is 1. The highest BCUT2D eigenvalue weighted by molar-refractivity contribution is 7.99. The molecule has 4 aromatic rings. The Balaban J connectivity index is 1.48. The van der Waals surface area contributed by atoms with Gasteiger partial charge >= 0.3 is 0 Å². The van der Waals surface area contributed by atoms with Crippen molar-refractivity contribution in [1.82, 2.24) is 19.3 Å².